The molecule has 4 nitrogen and oxygen atoms in total. The predicted octanol–water partition coefficient (Wildman–Crippen LogP) is 2.47. The van der Waals surface area contributed by atoms with Crippen LogP contribution in [-0.2, 0) is 0 Å². The SMILES string of the molecule is Cc1ccc(F)cc1NCC(/C(N)=N/O)C(F)(F)F. The first kappa shape index (κ1) is 15.1. The van der Waals surface area contributed by atoms with Gasteiger partial charge in [0.15, 0.2) is 5.84 Å². The van der Waals surface area contributed by atoms with E-state index in [1.165, 1.54) is 12.1 Å². The Morgan fingerprint density at radius 2 is 2.11 bits per heavy atom. The standard InChI is InChI=1S/C11H13F4N3O/c1-6-2-3-7(12)4-9(6)17-5-8(10(16)18-19)11(13,14)15/h2-4,8,17,19H,5H2,1H3,(H2,16,18). The summed E-state index contributed by atoms with van der Waals surface area (Å²) in [4.78, 5) is 0. The smallest absolute Gasteiger partial charge is 0.400 e. The highest BCUT2D eigenvalue weighted by atomic mass is 19.4. The second-order valence-electron chi connectivity index (χ2n) is 3.96. The third kappa shape index (κ3) is 4.01. The average molecular weight is 279 g/mol. The van der Waals surface area contributed by atoms with E-state index >= 15 is 0 Å². The number of oxime groups is 1. The van der Waals surface area contributed by atoms with Crippen LogP contribution in [0.3, 0.4) is 0 Å². The Morgan fingerprint density at radius 1 is 1.47 bits per heavy atom. The molecule has 0 saturated heterocycles. The van der Waals surface area contributed by atoms with Crippen LogP contribution >= 0.6 is 0 Å². The van der Waals surface area contributed by atoms with Gasteiger partial charge in [-0.25, -0.2) is 4.39 Å². The molecule has 0 heterocycles. The van der Waals surface area contributed by atoms with E-state index < -0.39 is 30.3 Å². The molecule has 0 aliphatic heterocycles. The minimum Gasteiger partial charge on any atom is -0.409 e. The van der Waals surface area contributed by atoms with Crippen molar-refractivity contribution in [1.82, 2.24) is 0 Å². The monoisotopic (exact) mass is 279 g/mol. The lowest BCUT2D eigenvalue weighted by molar-refractivity contribution is -0.152. The molecule has 1 aromatic rings. The molecule has 0 aliphatic rings. The molecule has 0 aliphatic carbocycles. The maximum Gasteiger partial charge on any atom is 0.400 e. The summed E-state index contributed by atoms with van der Waals surface area (Å²) >= 11 is 0. The van der Waals surface area contributed by atoms with Gasteiger partial charge in [0.2, 0.25) is 0 Å². The van der Waals surface area contributed by atoms with Crippen molar-refractivity contribution in [3.8, 4) is 0 Å². The molecular weight excluding hydrogens is 266 g/mol. The highest BCUT2D eigenvalue weighted by molar-refractivity contribution is 5.83. The van der Waals surface area contributed by atoms with E-state index in [0.29, 0.717) is 5.56 Å². The van der Waals surface area contributed by atoms with E-state index in [-0.39, 0.29) is 5.69 Å². The Morgan fingerprint density at radius 3 is 2.63 bits per heavy atom. The van der Waals surface area contributed by atoms with Gasteiger partial charge in [-0.05, 0) is 24.6 Å². The second-order valence-corrected chi connectivity index (χ2v) is 3.96. The first-order valence-electron chi connectivity index (χ1n) is 5.30. The van der Waals surface area contributed by atoms with Crippen LogP contribution in [0.1, 0.15) is 5.56 Å². The van der Waals surface area contributed by atoms with Crippen molar-refractivity contribution in [1.29, 1.82) is 0 Å². The molecule has 0 bridgehead atoms. The molecule has 0 amide bonds. The summed E-state index contributed by atoms with van der Waals surface area (Å²) in [5.74, 6) is -3.67. The maximum atomic E-state index is 13.0. The minimum absolute atomic E-state index is 0.222. The van der Waals surface area contributed by atoms with Crippen LogP contribution in [0.4, 0.5) is 23.2 Å². The Hall–Kier alpha value is -1.99. The number of amidine groups is 1. The number of halogens is 4. The molecule has 1 aromatic carbocycles. The molecule has 1 atom stereocenters. The molecule has 0 spiro atoms. The highest BCUT2D eigenvalue weighted by Gasteiger charge is 2.42. The van der Waals surface area contributed by atoms with Gasteiger partial charge in [0, 0.05) is 12.2 Å². The van der Waals surface area contributed by atoms with Crippen LogP contribution < -0.4 is 11.1 Å². The zero-order chi connectivity index (χ0) is 14.6. The Balaban J connectivity index is 2.85. The number of hydrogen-bond acceptors (Lipinski definition) is 3. The van der Waals surface area contributed by atoms with E-state index in [2.05, 4.69) is 10.5 Å². The largest absolute Gasteiger partial charge is 0.409 e. The number of nitrogens with two attached hydrogens (primary N) is 1. The second kappa shape index (κ2) is 5.77. The Bertz CT molecular complexity index is 473. The number of hydrogen-bond donors (Lipinski definition) is 3. The van der Waals surface area contributed by atoms with Gasteiger partial charge in [-0.1, -0.05) is 11.2 Å². The fourth-order valence-corrected chi connectivity index (χ4v) is 1.45. The summed E-state index contributed by atoms with van der Waals surface area (Å²) in [7, 11) is 0. The Kier molecular flexibility index (Phi) is 4.57. The number of aryl methyl sites for hydroxylation is 1. The normalized spacial score (nSPS) is 14.3. The van der Waals surface area contributed by atoms with Gasteiger partial charge in [-0.3, -0.25) is 0 Å². The van der Waals surface area contributed by atoms with Crippen LogP contribution in [0.15, 0.2) is 23.4 Å². The maximum absolute atomic E-state index is 13.0. The fraction of sp³-hybridized carbons (Fsp3) is 0.364. The van der Waals surface area contributed by atoms with E-state index in [0.717, 1.165) is 6.07 Å². The van der Waals surface area contributed by atoms with Crippen molar-refractivity contribution >= 4 is 11.5 Å². The van der Waals surface area contributed by atoms with Crippen LogP contribution in [0.5, 0.6) is 0 Å². The van der Waals surface area contributed by atoms with Crippen LogP contribution in [0.2, 0.25) is 0 Å². The Labute approximate surface area is 106 Å². The van der Waals surface area contributed by atoms with Gasteiger partial charge >= 0.3 is 6.18 Å². The van der Waals surface area contributed by atoms with Gasteiger partial charge in [0.05, 0.1) is 0 Å². The lowest BCUT2D eigenvalue weighted by atomic mass is 10.1. The van der Waals surface area contributed by atoms with E-state index in [9.17, 15) is 17.6 Å². The topological polar surface area (TPSA) is 70.6 Å². The van der Waals surface area contributed by atoms with Gasteiger partial charge < -0.3 is 16.3 Å². The molecule has 19 heavy (non-hydrogen) atoms. The summed E-state index contributed by atoms with van der Waals surface area (Å²) in [5.41, 5.74) is 5.81. The van der Waals surface area contributed by atoms with Gasteiger partial charge in [-0.2, -0.15) is 13.2 Å². The first-order chi connectivity index (χ1) is 8.75. The molecule has 0 saturated carbocycles. The molecular formula is C11H13F4N3O. The van der Waals surface area contributed by atoms with Crippen LogP contribution in [-0.4, -0.2) is 23.8 Å². The molecule has 1 unspecified atom stereocenters. The van der Waals surface area contributed by atoms with E-state index in [1.54, 1.807) is 6.92 Å². The zero-order valence-electron chi connectivity index (χ0n) is 10.0. The molecule has 8 heteroatoms. The van der Waals surface area contributed by atoms with Crippen molar-refractivity contribution in [2.24, 2.45) is 16.8 Å². The third-order valence-corrected chi connectivity index (χ3v) is 2.56. The highest BCUT2D eigenvalue weighted by Crippen LogP contribution is 2.27. The average Bonchev–Trinajstić information content (AvgIpc) is 2.31. The van der Waals surface area contributed by atoms with Crippen molar-refractivity contribution in [2.45, 2.75) is 13.1 Å². The van der Waals surface area contributed by atoms with Crippen molar-refractivity contribution in [3.63, 3.8) is 0 Å². The quantitative estimate of drug-likeness (QED) is 0.261. The molecule has 4 N–H and O–H groups in total. The molecule has 1 rings (SSSR count). The van der Waals surface area contributed by atoms with Gasteiger partial charge in [-0.15, -0.1) is 0 Å². The zero-order valence-corrected chi connectivity index (χ0v) is 10.0. The fourth-order valence-electron chi connectivity index (χ4n) is 1.45. The molecule has 0 radical (unpaired) electrons. The lowest BCUT2D eigenvalue weighted by Gasteiger charge is -2.20. The van der Waals surface area contributed by atoms with Crippen LogP contribution in [0.25, 0.3) is 0 Å². The van der Waals surface area contributed by atoms with Crippen LogP contribution in [0, 0.1) is 18.7 Å². The van der Waals surface area contributed by atoms with E-state index in [1.807, 2.05) is 0 Å². The lowest BCUT2D eigenvalue weighted by Crippen LogP contribution is -2.40. The molecule has 0 fully saturated rings. The van der Waals surface area contributed by atoms with Crippen molar-refractivity contribution in [2.75, 3.05) is 11.9 Å². The summed E-state index contributed by atoms with van der Waals surface area (Å²) < 4.78 is 50.9. The summed E-state index contributed by atoms with van der Waals surface area (Å²) in [6.07, 6.45) is -4.66. The predicted molar refractivity (Wildman–Crippen MR) is 62.6 cm³/mol. The van der Waals surface area contributed by atoms with Crippen molar-refractivity contribution in [3.05, 3.63) is 29.6 Å². The third-order valence-electron chi connectivity index (χ3n) is 2.56. The molecule has 0 aromatic heterocycles. The van der Waals surface area contributed by atoms with Crippen molar-refractivity contribution < 1.29 is 22.8 Å². The number of benzene rings is 1. The van der Waals surface area contributed by atoms with Gasteiger partial charge in [0.1, 0.15) is 11.7 Å². The number of rotatable bonds is 4. The number of nitrogens with zero attached hydrogens (tertiary/aromatic N) is 1. The number of nitrogens with one attached hydrogen (secondary N) is 1. The first-order valence-corrected chi connectivity index (χ1v) is 5.30. The minimum atomic E-state index is -4.66. The number of anilines is 1. The number of alkyl halides is 3. The summed E-state index contributed by atoms with van der Waals surface area (Å²) in [6.45, 7) is 0.970. The summed E-state index contributed by atoms with van der Waals surface area (Å²) in [6, 6.07) is 3.71. The van der Waals surface area contributed by atoms with E-state index in [4.69, 9.17) is 10.9 Å². The summed E-state index contributed by atoms with van der Waals surface area (Å²) in [5, 5.41) is 13.2. The van der Waals surface area contributed by atoms with Gasteiger partial charge in [0.25, 0.3) is 0 Å². The molecule has 106 valence electrons.